The lowest BCUT2D eigenvalue weighted by Gasteiger charge is -2.32. The number of nitrogens with one attached hydrogen (secondary N) is 3. The molecule has 2 amide bonds. The van der Waals surface area contributed by atoms with Crippen LogP contribution in [0.4, 0.5) is 14.9 Å². The minimum absolute atomic E-state index is 0.0265. The fourth-order valence-corrected chi connectivity index (χ4v) is 2.71. The molecule has 0 aromatic heterocycles. The number of aliphatic imine (C=N–C) groups is 1. The lowest BCUT2D eigenvalue weighted by Crippen LogP contribution is -2.50. The van der Waals surface area contributed by atoms with E-state index < -0.39 is 0 Å². The topological polar surface area (TPSA) is 95.1 Å². The van der Waals surface area contributed by atoms with Crippen molar-refractivity contribution >= 4 is 23.6 Å². The molecule has 9 heteroatoms. The predicted octanol–water partition coefficient (Wildman–Crippen LogP) is 1.55. The standard InChI is InChI=1S/C18H26FN5O3/c1-3-27-18(26)24-10-8-15(9-11-24)23-17(20-2)21-12-16(25)22-14-6-4-13(19)5-7-14/h4-7,15H,3,8-12H2,1-2H3,(H,22,25)(H2,20,21,23). The molecule has 3 N–H and O–H groups in total. The van der Waals surface area contributed by atoms with Crippen LogP contribution in [0.5, 0.6) is 0 Å². The minimum atomic E-state index is -0.357. The van der Waals surface area contributed by atoms with E-state index in [2.05, 4.69) is 20.9 Å². The van der Waals surface area contributed by atoms with Gasteiger partial charge in [0.15, 0.2) is 5.96 Å². The number of likely N-dealkylation sites (tertiary alicyclic amines) is 1. The number of anilines is 1. The zero-order valence-corrected chi connectivity index (χ0v) is 15.6. The second-order valence-electron chi connectivity index (χ2n) is 6.09. The number of ether oxygens (including phenoxy) is 1. The highest BCUT2D eigenvalue weighted by molar-refractivity contribution is 5.95. The van der Waals surface area contributed by atoms with Crippen molar-refractivity contribution in [3.63, 3.8) is 0 Å². The summed E-state index contributed by atoms with van der Waals surface area (Å²) in [6.07, 6.45) is 1.25. The van der Waals surface area contributed by atoms with Crippen LogP contribution in [0.15, 0.2) is 29.3 Å². The van der Waals surface area contributed by atoms with Gasteiger partial charge in [-0.2, -0.15) is 0 Å². The van der Waals surface area contributed by atoms with Crippen molar-refractivity contribution in [2.24, 2.45) is 4.99 Å². The number of amides is 2. The molecule has 0 unspecified atom stereocenters. The van der Waals surface area contributed by atoms with Crippen LogP contribution in [-0.4, -0.2) is 62.2 Å². The summed E-state index contributed by atoms with van der Waals surface area (Å²) in [6, 6.07) is 5.72. The Balaban J connectivity index is 1.72. The number of piperidine rings is 1. The minimum Gasteiger partial charge on any atom is -0.450 e. The number of hydrogen-bond acceptors (Lipinski definition) is 4. The zero-order valence-electron chi connectivity index (χ0n) is 15.6. The van der Waals surface area contributed by atoms with E-state index in [0.29, 0.717) is 31.3 Å². The number of guanidine groups is 1. The maximum absolute atomic E-state index is 12.9. The molecule has 1 aromatic carbocycles. The largest absolute Gasteiger partial charge is 0.450 e. The van der Waals surface area contributed by atoms with Crippen LogP contribution in [0.25, 0.3) is 0 Å². The lowest BCUT2D eigenvalue weighted by molar-refractivity contribution is -0.115. The smallest absolute Gasteiger partial charge is 0.409 e. The number of halogens is 1. The third kappa shape index (κ3) is 6.76. The molecule has 1 fully saturated rings. The number of nitrogens with zero attached hydrogens (tertiary/aromatic N) is 2. The Hall–Kier alpha value is -2.84. The average Bonchev–Trinajstić information content (AvgIpc) is 2.67. The van der Waals surface area contributed by atoms with E-state index in [0.717, 1.165) is 12.8 Å². The first-order chi connectivity index (χ1) is 13.0. The highest BCUT2D eigenvalue weighted by Crippen LogP contribution is 2.11. The molecule has 148 valence electrons. The first-order valence-corrected chi connectivity index (χ1v) is 8.96. The molecule has 0 bridgehead atoms. The van der Waals surface area contributed by atoms with Crippen LogP contribution >= 0.6 is 0 Å². The van der Waals surface area contributed by atoms with E-state index in [-0.39, 0.29) is 30.4 Å². The summed E-state index contributed by atoms with van der Waals surface area (Å²) in [5.41, 5.74) is 0.525. The predicted molar refractivity (Wildman–Crippen MR) is 101 cm³/mol. The lowest BCUT2D eigenvalue weighted by atomic mass is 10.1. The van der Waals surface area contributed by atoms with E-state index in [9.17, 15) is 14.0 Å². The van der Waals surface area contributed by atoms with Crippen LogP contribution in [0.2, 0.25) is 0 Å². The van der Waals surface area contributed by atoms with Gasteiger partial charge in [-0.1, -0.05) is 0 Å². The number of benzene rings is 1. The Kier molecular flexibility index (Phi) is 7.84. The fourth-order valence-electron chi connectivity index (χ4n) is 2.71. The van der Waals surface area contributed by atoms with Crippen molar-refractivity contribution < 1.29 is 18.7 Å². The first kappa shape index (κ1) is 20.5. The summed E-state index contributed by atoms with van der Waals surface area (Å²) in [5, 5.41) is 8.88. The first-order valence-electron chi connectivity index (χ1n) is 8.96. The van der Waals surface area contributed by atoms with Gasteiger partial charge in [-0.25, -0.2) is 9.18 Å². The third-order valence-electron chi connectivity index (χ3n) is 4.13. The van der Waals surface area contributed by atoms with E-state index in [1.165, 1.54) is 24.3 Å². The maximum Gasteiger partial charge on any atom is 0.409 e. The monoisotopic (exact) mass is 379 g/mol. The number of rotatable bonds is 5. The summed E-state index contributed by atoms with van der Waals surface area (Å²) in [5.74, 6) is -0.106. The van der Waals surface area contributed by atoms with Crippen molar-refractivity contribution in [3.05, 3.63) is 30.1 Å². The van der Waals surface area contributed by atoms with Gasteiger partial charge in [0.05, 0.1) is 13.2 Å². The van der Waals surface area contributed by atoms with E-state index in [1.54, 1.807) is 18.9 Å². The van der Waals surface area contributed by atoms with Crippen molar-refractivity contribution in [1.82, 2.24) is 15.5 Å². The van der Waals surface area contributed by atoms with Crippen LogP contribution in [0.3, 0.4) is 0 Å². The highest BCUT2D eigenvalue weighted by Gasteiger charge is 2.24. The summed E-state index contributed by atoms with van der Waals surface area (Å²) in [6.45, 7) is 3.40. The molecule has 0 radical (unpaired) electrons. The Labute approximate surface area is 158 Å². The number of hydrogen-bond donors (Lipinski definition) is 3. The molecule has 0 saturated carbocycles. The normalized spacial score (nSPS) is 15.2. The molecular weight excluding hydrogens is 353 g/mol. The van der Waals surface area contributed by atoms with Crippen molar-refractivity contribution in [2.45, 2.75) is 25.8 Å². The SMILES string of the molecule is CCOC(=O)N1CCC(NC(=NC)NCC(=O)Nc2ccc(F)cc2)CC1. The van der Waals surface area contributed by atoms with Gasteiger partial charge in [0.2, 0.25) is 5.91 Å². The van der Waals surface area contributed by atoms with Crippen LogP contribution < -0.4 is 16.0 Å². The molecule has 0 spiro atoms. The molecule has 27 heavy (non-hydrogen) atoms. The molecular formula is C18H26FN5O3. The molecule has 1 aromatic rings. The van der Waals surface area contributed by atoms with E-state index in [4.69, 9.17) is 4.74 Å². The van der Waals surface area contributed by atoms with Crippen molar-refractivity contribution in [3.8, 4) is 0 Å². The molecule has 0 aliphatic carbocycles. The van der Waals surface area contributed by atoms with Crippen molar-refractivity contribution in [1.29, 1.82) is 0 Å². The maximum atomic E-state index is 12.9. The molecule has 1 aliphatic heterocycles. The molecule has 8 nitrogen and oxygen atoms in total. The molecule has 1 saturated heterocycles. The van der Waals surface area contributed by atoms with Crippen LogP contribution in [-0.2, 0) is 9.53 Å². The van der Waals surface area contributed by atoms with Gasteiger partial charge in [0, 0.05) is 31.9 Å². The van der Waals surface area contributed by atoms with Gasteiger partial charge >= 0.3 is 6.09 Å². The Morgan fingerprint density at radius 1 is 1.26 bits per heavy atom. The highest BCUT2D eigenvalue weighted by atomic mass is 19.1. The second kappa shape index (κ2) is 10.3. The van der Waals surface area contributed by atoms with Gasteiger partial charge in [-0.05, 0) is 44.0 Å². The number of carbonyl (C=O) groups is 2. The van der Waals surface area contributed by atoms with Gasteiger partial charge in [-0.15, -0.1) is 0 Å². The van der Waals surface area contributed by atoms with Gasteiger partial charge < -0.3 is 25.6 Å². The number of carbonyl (C=O) groups excluding carboxylic acids is 2. The zero-order chi connectivity index (χ0) is 19.6. The molecule has 0 atom stereocenters. The van der Waals surface area contributed by atoms with Gasteiger partial charge in [0.1, 0.15) is 5.82 Å². The second-order valence-corrected chi connectivity index (χ2v) is 6.09. The quantitative estimate of drug-likeness (QED) is 0.533. The van der Waals surface area contributed by atoms with Gasteiger partial charge in [0.25, 0.3) is 0 Å². The fraction of sp³-hybridized carbons (Fsp3) is 0.500. The average molecular weight is 379 g/mol. The summed E-state index contributed by atoms with van der Waals surface area (Å²) in [4.78, 5) is 29.5. The molecule has 2 rings (SSSR count). The van der Waals surface area contributed by atoms with Crippen molar-refractivity contribution in [2.75, 3.05) is 38.6 Å². The molecule has 1 heterocycles. The van der Waals surface area contributed by atoms with E-state index >= 15 is 0 Å². The Morgan fingerprint density at radius 3 is 2.52 bits per heavy atom. The van der Waals surface area contributed by atoms with Crippen LogP contribution in [0, 0.1) is 5.82 Å². The Bertz CT molecular complexity index is 657. The summed E-state index contributed by atoms with van der Waals surface area (Å²) in [7, 11) is 1.63. The Morgan fingerprint density at radius 2 is 1.93 bits per heavy atom. The third-order valence-corrected chi connectivity index (χ3v) is 4.13. The summed E-state index contributed by atoms with van der Waals surface area (Å²) < 4.78 is 17.9. The molecule has 1 aliphatic rings. The van der Waals surface area contributed by atoms with Gasteiger partial charge in [-0.3, -0.25) is 9.79 Å². The van der Waals surface area contributed by atoms with E-state index in [1.807, 2.05) is 0 Å². The summed E-state index contributed by atoms with van der Waals surface area (Å²) >= 11 is 0. The van der Waals surface area contributed by atoms with Crippen LogP contribution in [0.1, 0.15) is 19.8 Å².